The van der Waals surface area contributed by atoms with Crippen LogP contribution in [0.1, 0.15) is 19.3 Å². The van der Waals surface area contributed by atoms with Gasteiger partial charge in [-0.25, -0.2) is 0 Å². The molecule has 0 radical (unpaired) electrons. The van der Waals surface area contributed by atoms with Crippen molar-refractivity contribution in [3.63, 3.8) is 0 Å². The van der Waals surface area contributed by atoms with Crippen molar-refractivity contribution >= 4 is 16.6 Å². The molecular weight excluding hydrogens is 244 g/mol. The average molecular weight is 273 g/mol. The maximum Gasteiger partial charge on any atom is 0.184 e. The molecule has 0 aromatic carbocycles. The summed E-state index contributed by atoms with van der Waals surface area (Å²) in [5.74, 6) is 0. The van der Waals surface area contributed by atoms with E-state index in [2.05, 4.69) is 51.4 Å². The molecule has 0 aliphatic heterocycles. The summed E-state index contributed by atoms with van der Waals surface area (Å²) in [6.45, 7) is 13.5. The third-order valence-corrected chi connectivity index (χ3v) is 4.54. The van der Waals surface area contributed by atoms with Crippen LogP contribution in [0.3, 0.4) is 0 Å². The molecule has 1 aliphatic rings. The summed E-state index contributed by atoms with van der Waals surface area (Å²) in [5, 5.41) is 0. The van der Waals surface area contributed by atoms with Crippen LogP contribution in [0.15, 0.2) is 12.2 Å². The fourth-order valence-electron chi connectivity index (χ4n) is 2.06. The zero-order valence-electron chi connectivity index (χ0n) is 12.2. The van der Waals surface area contributed by atoms with E-state index in [-0.39, 0.29) is 12.2 Å². The molecule has 0 saturated heterocycles. The summed E-state index contributed by atoms with van der Waals surface area (Å²) in [5.41, 5.74) is 0. The molecule has 0 fully saturated rings. The highest BCUT2D eigenvalue weighted by Gasteiger charge is 2.31. The minimum Gasteiger partial charge on any atom is -0.412 e. The molecule has 0 bridgehead atoms. The van der Waals surface area contributed by atoms with E-state index in [9.17, 15) is 0 Å². The lowest BCUT2D eigenvalue weighted by molar-refractivity contribution is 0.0681. The van der Waals surface area contributed by atoms with E-state index < -0.39 is 16.6 Å². The fourth-order valence-corrected chi connectivity index (χ4v) is 4.27. The first kappa shape index (κ1) is 15.2. The third-order valence-electron chi connectivity index (χ3n) is 2.55. The van der Waals surface area contributed by atoms with E-state index >= 15 is 0 Å². The van der Waals surface area contributed by atoms with Crippen molar-refractivity contribution < 1.29 is 8.85 Å². The molecule has 0 N–H and O–H groups in total. The third kappa shape index (κ3) is 6.55. The summed E-state index contributed by atoms with van der Waals surface area (Å²) in [4.78, 5) is 0. The van der Waals surface area contributed by atoms with Gasteiger partial charge in [-0.05, 0) is 58.5 Å². The Kier molecular flexibility index (Phi) is 5.19. The van der Waals surface area contributed by atoms with Crippen LogP contribution in [0.5, 0.6) is 0 Å². The molecule has 100 valence electrons. The molecular formula is C13H28O2Si2. The Bertz CT molecular complexity index is 264. The maximum absolute atomic E-state index is 6.30. The van der Waals surface area contributed by atoms with Gasteiger partial charge in [0.2, 0.25) is 0 Å². The molecule has 2 atom stereocenters. The van der Waals surface area contributed by atoms with E-state index in [0.717, 1.165) is 12.8 Å². The molecule has 0 aromatic heterocycles. The summed E-state index contributed by atoms with van der Waals surface area (Å²) < 4.78 is 12.6. The fraction of sp³-hybridized carbons (Fsp3) is 0.846. The Morgan fingerprint density at radius 2 is 1.53 bits per heavy atom. The topological polar surface area (TPSA) is 18.5 Å². The molecule has 0 heterocycles. The number of rotatable bonds is 4. The van der Waals surface area contributed by atoms with Crippen molar-refractivity contribution in [2.75, 3.05) is 0 Å². The van der Waals surface area contributed by atoms with Crippen LogP contribution in [-0.4, -0.2) is 28.8 Å². The number of allylic oxidation sites excluding steroid dienone is 1. The molecule has 2 unspecified atom stereocenters. The van der Waals surface area contributed by atoms with E-state index in [0.29, 0.717) is 0 Å². The Morgan fingerprint density at radius 3 is 2.06 bits per heavy atom. The lowest BCUT2D eigenvalue weighted by Gasteiger charge is -2.34. The SMILES string of the molecule is C[Si](C)(C)OC1C=CCCCC1O[Si](C)(C)C. The van der Waals surface area contributed by atoms with Crippen LogP contribution >= 0.6 is 0 Å². The lowest BCUT2D eigenvalue weighted by atomic mass is 10.1. The van der Waals surface area contributed by atoms with Crippen LogP contribution in [0.4, 0.5) is 0 Å². The largest absolute Gasteiger partial charge is 0.412 e. The van der Waals surface area contributed by atoms with Crippen LogP contribution in [0.25, 0.3) is 0 Å². The van der Waals surface area contributed by atoms with Gasteiger partial charge in [0.15, 0.2) is 16.6 Å². The summed E-state index contributed by atoms with van der Waals surface area (Å²) >= 11 is 0. The van der Waals surface area contributed by atoms with E-state index in [1.807, 2.05) is 0 Å². The molecule has 17 heavy (non-hydrogen) atoms. The first-order valence-corrected chi connectivity index (χ1v) is 13.5. The first-order chi connectivity index (χ1) is 7.67. The Hall–Kier alpha value is 0.0938. The van der Waals surface area contributed by atoms with Crippen molar-refractivity contribution in [1.29, 1.82) is 0 Å². The van der Waals surface area contributed by atoms with E-state index in [4.69, 9.17) is 8.85 Å². The van der Waals surface area contributed by atoms with Gasteiger partial charge in [-0.3, -0.25) is 0 Å². The Morgan fingerprint density at radius 1 is 0.941 bits per heavy atom. The molecule has 2 nitrogen and oxygen atoms in total. The lowest BCUT2D eigenvalue weighted by Crippen LogP contribution is -2.43. The monoisotopic (exact) mass is 272 g/mol. The van der Waals surface area contributed by atoms with E-state index in [1.165, 1.54) is 6.42 Å². The van der Waals surface area contributed by atoms with Crippen LogP contribution < -0.4 is 0 Å². The predicted octanol–water partition coefficient (Wildman–Crippen LogP) is 4.17. The van der Waals surface area contributed by atoms with Gasteiger partial charge in [0.1, 0.15) is 0 Å². The van der Waals surface area contributed by atoms with Gasteiger partial charge in [0, 0.05) is 0 Å². The Labute approximate surface area is 109 Å². The number of hydrogen-bond acceptors (Lipinski definition) is 2. The van der Waals surface area contributed by atoms with Crippen molar-refractivity contribution in [1.82, 2.24) is 0 Å². The maximum atomic E-state index is 6.30. The van der Waals surface area contributed by atoms with Gasteiger partial charge >= 0.3 is 0 Å². The van der Waals surface area contributed by atoms with Crippen LogP contribution in [0.2, 0.25) is 39.3 Å². The van der Waals surface area contributed by atoms with E-state index in [1.54, 1.807) is 0 Å². The highest BCUT2D eigenvalue weighted by atomic mass is 28.4. The second-order valence-electron chi connectivity index (χ2n) is 6.82. The van der Waals surface area contributed by atoms with Crippen molar-refractivity contribution in [3.05, 3.63) is 12.2 Å². The molecule has 0 amide bonds. The molecule has 0 aromatic rings. The quantitative estimate of drug-likeness (QED) is 0.565. The minimum absolute atomic E-state index is 0.177. The second-order valence-corrected chi connectivity index (χ2v) is 15.7. The summed E-state index contributed by atoms with van der Waals surface area (Å²) in [6.07, 6.45) is 8.46. The van der Waals surface area contributed by atoms with Gasteiger partial charge in [-0.1, -0.05) is 12.2 Å². The van der Waals surface area contributed by atoms with Crippen molar-refractivity contribution in [2.24, 2.45) is 0 Å². The predicted molar refractivity (Wildman–Crippen MR) is 79.4 cm³/mol. The highest BCUT2D eigenvalue weighted by molar-refractivity contribution is 6.70. The zero-order valence-corrected chi connectivity index (χ0v) is 14.2. The van der Waals surface area contributed by atoms with Gasteiger partial charge in [-0.15, -0.1) is 0 Å². The highest BCUT2D eigenvalue weighted by Crippen LogP contribution is 2.24. The van der Waals surface area contributed by atoms with Gasteiger partial charge < -0.3 is 8.85 Å². The van der Waals surface area contributed by atoms with Crippen LogP contribution in [-0.2, 0) is 8.85 Å². The first-order valence-electron chi connectivity index (χ1n) is 6.70. The van der Waals surface area contributed by atoms with Crippen molar-refractivity contribution in [3.8, 4) is 0 Å². The molecule has 1 rings (SSSR count). The standard InChI is InChI=1S/C13H28O2Si2/c1-16(2,3)14-12-10-8-7-9-11-13(12)15-17(4,5)6/h8,10,12-13H,7,9,11H2,1-6H3. The smallest absolute Gasteiger partial charge is 0.184 e. The Balaban J connectivity index is 2.71. The molecule has 0 spiro atoms. The molecule has 4 heteroatoms. The van der Waals surface area contributed by atoms with Gasteiger partial charge in [0.25, 0.3) is 0 Å². The van der Waals surface area contributed by atoms with Gasteiger partial charge in [-0.2, -0.15) is 0 Å². The average Bonchev–Trinajstić information content (AvgIpc) is 2.27. The normalized spacial score (nSPS) is 26.9. The zero-order chi connectivity index (χ0) is 13.1. The molecule has 0 saturated carbocycles. The number of hydrogen-bond donors (Lipinski definition) is 0. The van der Waals surface area contributed by atoms with Gasteiger partial charge in [0.05, 0.1) is 12.2 Å². The summed E-state index contributed by atoms with van der Waals surface area (Å²) in [6, 6.07) is 0. The minimum atomic E-state index is -1.50. The summed E-state index contributed by atoms with van der Waals surface area (Å²) in [7, 11) is -2.98. The molecule has 1 aliphatic carbocycles. The second kappa shape index (κ2) is 5.82. The van der Waals surface area contributed by atoms with Crippen molar-refractivity contribution in [2.45, 2.75) is 70.8 Å². The van der Waals surface area contributed by atoms with Crippen LogP contribution in [0, 0.1) is 0 Å².